The summed E-state index contributed by atoms with van der Waals surface area (Å²) in [7, 11) is 0. The molecule has 0 aliphatic rings. The van der Waals surface area contributed by atoms with Gasteiger partial charge >= 0.3 is 0 Å². The lowest BCUT2D eigenvalue weighted by Gasteiger charge is -1.99. The number of halogens is 2. The van der Waals surface area contributed by atoms with Gasteiger partial charge in [-0.25, -0.2) is 8.78 Å². The van der Waals surface area contributed by atoms with Crippen LogP contribution < -0.4 is 0 Å². The molecule has 0 aromatic rings. The summed E-state index contributed by atoms with van der Waals surface area (Å²) in [4.78, 5) is 3.37. The third-order valence-electron chi connectivity index (χ3n) is 0.645. The fourth-order valence-electron chi connectivity index (χ4n) is 0.334. The lowest BCUT2D eigenvalue weighted by Crippen LogP contribution is -2.03. The Morgan fingerprint density at radius 1 is 1.67 bits per heavy atom. The molecule has 0 aromatic carbocycles. The van der Waals surface area contributed by atoms with Gasteiger partial charge in [0.1, 0.15) is 0 Å². The number of allylic oxidation sites excluding steroid dienone is 1. The second-order valence-electron chi connectivity index (χ2n) is 1.76. The first kappa shape index (κ1) is 8.27. The molecule has 0 fully saturated rings. The van der Waals surface area contributed by atoms with E-state index in [0.717, 1.165) is 13.0 Å². The third-order valence-corrected chi connectivity index (χ3v) is 0.645. The molecule has 0 atom stereocenters. The summed E-state index contributed by atoms with van der Waals surface area (Å²) in [6, 6.07) is 0. The first-order valence-corrected chi connectivity index (χ1v) is 2.54. The Kier molecular flexibility index (Phi) is 3.06. The molecule has 0 aliphatic heterocycles. The second kappa shape index (κ2) is 3.33. The molecule has 0 bridgehead atoms. The molecule has 0 aromatic heterocycles. The van der Waals surface area contributed by atoms with Crippen molar-refractivity contribution < 1.29 is 8.78 Å². The minimum atomic E-state index is -2.72. The van der Waals surface area contributed by atoms with Gasteiger partial charge in [-0.3, -0.25) is 4.99 Å². The largest absolute Gasteiger partial charge is 0.297 e. The molecule has 0 unspecified atom stereocenters. The first-order valence-electron chi connectivity index (χ1n) is 2.54. The molecule has 1 nitrogen and oxygen atoms in total. The van der Waals surface area contributed by atoms with Crippen molar-refractivity contribution >= 4 is 6.72 Å². The van der Waals surface area contributed by atoms with E-state index < -0.39 is 5.92 Å². The topological polar surface area (TPSA) is 12.4 Å². The number of hydrogen-bond acceptors (Lipinski definition) is 1. The fourth-order valence-corrected chi connectivity index (χ4v) is 0.334. The Morgan fingerprint density at radius 3 is 2.56 bits per heavy atom. The van der Waals surface area contributed by atoms with Crippen molar-refractivity contribution in [2.45, 2.75) is 12.8 Å². The highest BCUT2D eigenvalue weighted by atomic mass is 19.3. The van der Waals surface area contributed by atoms with Gasteiger partial charge in [-0.15, -0.1) is 0 Å². The van der Waals surface area contributed by atoms with Crippen LogP contribution in [0.1, 0.15) is 6.92 Å². The summed E-state index contributed by atoms with van der Waals surface area (Å²) < 4.78 is 23.8. The zero-order valence-electron chi connectivity index (χ0n) is 5.27. The molecule has 0 amide bonds. The van der Waals surface area contributed by atoms with Crippen molar-refractivity contribution in [1.29, 1.82) is 0 Å². The Labute approximate surface area is 53.1 Å². The van der Waals surface area contributed by atoms with Crippen molar-refractivity contribution in [3.63, 3.8) is 0 Å². The zero-order chi connectivity index (χ0) is 7.33. The van der Waals surface area contributed by atoms with E-state index in [1.807, 2.05) is 0 Å². The Balaban J connectivity index is 3.57. The van der Waals surface area contributed by atoms with Gasteiger partial charge in [0, 0.05) is 6.92 Å². The molecule has 0 aliphatic carbocycles. The average Bonchev–Trinajstić information content (AvgIpc) is 1.63. The maximum atomic E-state index is 11.9. The van der Waals surface area contributed by atoms with Crippen LogP contribution in [0.2, 0.25) is 0 Å². The Morgan fingerprint density at radius 2 is 2.22 bits per heavy atom. The minimum Gasteiger partial charge on any atom is -0.297 e. The smallest absolute Gasteiger partial charge is 0.263 e. The number of rotatable bonds is 3. The van der Waals surface area contributed by atoms with Gasteiger partial charge < -0.3 is 0 Å². The quantitative estimate of drug-likeness (QED) is 0.412. The van der Waals surface area contributed by atoms with E-state index in [1.165, 1.54) is 6.08 Å². The molecule has 0 saturated carbocycles. The minimum absolute atomic E-state index is 0.253. The summed E-state index contributed by atoms with van der Waals surface area (Å²) in [5, 5.41) is 0. The van der Waals surface area contributed by atoms with Gasteiger partial charge in [0.15, 0.2) is 0 Å². The molecule has 0 rings (SSSR count). The van der Waals surface area contributed by atoms with Crippen LogP contribution in [0, 0.1) is 0 Å². The molecule has 52 valence electrons. The van der Waals surface area contributed by atoms with Gasteiger partial charge in [-0.05, 0) is 12.8 Å². The summed E-state index contributed by atoms with van der Waals surface area (Å²) in [6.45, 7) is 4.21. The normalized spacial score (nSPS) is 12.3. The van der Waals surface area contributed by atoms with Crippen molar-refractivity contribution in [2.75, 3.05) is 6.54 Å². The highest BCUT2D eigenvalue weighted by Crippen LogP contribution is 2.12. The first-order chi connectivity index (χ1) is 4.06. The van der Waals surface area contributed by atoms with Gasteiger partial charge in [-0.2, -0.15) is 0 Å². The van der Waals surface area contributed by atoms with E-state index in [0.29, 0.717) is 0 Å². The maximum Gasteiger partial charge on any atom is 0.263 e. The van der Waals surface area contributed by atoms with E-state index in [1.54, 1.807) is 0 Å². The van der Waals surface area contributed by atoms with Crippen LogP contribution in [0.15, 0.2) is 17.1 Å². The summed E-state index contributed by atoms with van der Waals surface area (Å²) in [5.74, 6) is -2.72. The number of hydrogen-bond donors (Lipinski definition) is 0. The third kappa shape index (κ3) is 7.27. The Hall–Kier alpha value is -0.730. The number of aliphatic imine (C=N–C) groups is 1. The van der Waals surface area contributed by atoms with Crippen molar-refractivity contribution in [3.8, 4) is 0 Å². The summed E-state index contributed by atoms with van der Waals surface area (Å²) >= 11 is 0. The van der Waals surface area contributed by atoms with Crippen LogP contribution in [-0.2, 0) is 0 Å². The van der Waals surface area contributed by atoms with Crippen LogP contribution >= 0.6 is 0 Å². The van der Waals surface area contributed by atoms with E-state index >= 15 is 0 Å². The standard InChI is InChI=1S/C6H9F2N/c1-6(7,8)4-3-5-9-2/h3-4H,2,5H2,1H3/b4-3+. The van der Waals surface area contributed by atoms with Crippen LogP contribution in [0.25, 0.3) is 0 Å². The highest BCUT2D eigenvalue weighted by molar-refractivity contribution is 5.23. The number of alkyl halides is 2. The molecule has 0 spiro atoms. The predicted octanol–water partition coefficient (Wildman–Crippen LogP) is 1.90. The van der Waals surface area contributed by atoms with Gasteiger partial charge in [0.05, 0.1) is 6.54 Å². The van der Waals surface area contributed by atoms with Crippen LogP contribution in [-0.4, -0.2) is 19.2 Å². The molecule has 9 heavy (non-hydrogen) atoms. The van der Waals surface area contributed by atoms with Crippen molar-refractivity contribution in [3.05, 3.63) is 12.2 Å². The average molecular weight is 133 g/mol. The van der Waals surface area contributed by atoms with Crippen LogP contribution in [0.3, 0.4) is 0 Å². The van der Waals surface area contributed by atoms with Crippen molar-refractivity contribution in [1.82, 2.24) is 0 Å². The second-order valence-corrected chi connectivity index (χ2v) is 1.76. The van der Waals surface area contributed by atoms with Gasteiger partial charge in [0.25, 0.3) is 5.92 Å². The van der Waals surface area contributed by atoms with Crippen molar-refractivity contribution in [2.24, 2.45) is 4.99 Å². The molecule has 0 N–H and O–H groups in total. The fraction of sp³-hybridized carbons (Fsp3) is 0.500. The van der Waals surface area contributed by atoms with E-state index in [4.69, 9.17) is 0 Å². The molecular formula is C6H9F2N. The summed E-state index contributed by atoms with van der Waals surface area (Å²) in [6.07, 6.45) is 2.09. The van der Waals surface area contributed by atoms with Gasteiger partial charge in [-0.1, -0.05) is 6.08 Å². The lowest BCUT2D eigenvalue weighted by molar-refractivity contribution is 0.0772. The van der Waals surface area contributed by atoms with Crippen LogP contribution in [0.4, 0.5) is 8.78 Å². The lowest BCUT2D eigenvalue weighted by atomic mass is 10.3. The van der Waals surface area contributed by atoms with E-state index in [2.05, 4.69) is 11.7 Å². The zero-order valence-corrected chi connectivity index (χ0v) is 5.27. The molecule has 0 heterocycles. The molecular weight excluding hydrogens is 124 g/mol. The monoisotopic (exact) mass is 133 g/mol. The SMILES string of the molecule is C=NC/C=C/C(C)(F)F. The maximum absolute atomic E-state index is 11.9. The molecule has 3 heteroatoms. The molecule has 0 radical (unpaired) electrons. The van der Waals surface area contributed by atoms with Gasteiger partial charge in [0.2, 0.25) is 0 Å². The summed E-state index contributed by atoms with van der Waals surface area (Å²) in [5.41, 5.74) is 0. The van der Waals surface area contributed by atoms with Crippen LogP contribution in [0.5, 0.6) is 0 Å². The molecule has 0 saturated heterocycles. The highest BCUT2D eigenvalue weighted by Gasteiger charge is 2.14. The van der Waals surface area contributed by atoms with E-state index in [9.17, 15) is 8.78 Å². The number of nitrogens with zero attached hydrogens (tertiary/aromatic N) is 1. The van der Waals surface area contributed by atoms with E-state index in [-0.39, 0.29) is 6.54 Å². The Bertz CT molecular complexity index is 113. The predicted molar refractivity (Wildman–Crippen MR) is 34.2 cm³/mol.